The number of amidine groups is 1. The van der Waals surface area contributed by atoms with Crippen molar-refractivity contribution in [3.05, 3.63) is 71.4 Å². The molecular formula is C25H20FN5O2. The lowest BCUT2D eigenvalue weighted by atomic mass is 9.80. The van der Waals surface area contributed by atoms with Gasteiger partial charge >= 0.3 is 0 Å². The predicted octanol–water partition coefficient (Wildman–Crippen LogP) is 3.86. The van der Waals surface area contributed by atoms with Crippen molar-refractivity contribution in [1.82, 2.24) is 4.98 Å². The lowest BCUT2D eigenvalue weighted by Crippen LogP contribution is -2.32. The zero-order valence-corrected chi connectivity index (χ0v) is 17.7. The number of nitriles is 1. The van der Waals surface area contributed by atoms with Gasteiger partial charge in [0.2, 0.25) is 0 Å². The molecule has 3 aliphatic heterocycles. The second-order valence-corrected chi connectivity index (χ2v) is 8.48. The van der Waals surface area contributed by atoms with Crippen molar-refractivity contribution in [2.24, 2.45) is 10.7 Å². The first kappa shape index (κ1) is 19.6. The monoisotopic (exact) mass is 441 g/mol. The summed E-state index contributed by atoms with van der Waals surface area (Å²) in [6.45, 7) is 1.15. The van der Waals surface area contributed by atoms with Crippen LogP contribution in [0.3, 0.4) is 0 Å². The third-order valence-electron chi connectivity index (χ3n) is 6.45. The third-order valence-corrected chi connectivity index (χ3v) is 6.45. The number of fused-ring (bicyclic) bond motifs is 4. The molecule has 3 aliphatic rings. The van der Waals surface area contributed by atoms with Gasteiger partial charge in [0.05, 0.1) is 24.4 Å². The van der Waals surface area contributed by atoms with Crippen molar-refractivity contribution in [3.8, 4) is 28.7 Å². The van der Waals surface area contributed by atoms with E-state index in [1.165, 1.54) is 0 Å². The standard InChI is InChI=1S/C25H20FN5O2/c26-18-6-7-31(13-18)23-10-20-22(12-29-23)33-21-5-4-17(16-3-1-2-15(8-16)11-27)9-19(21)25(20)14-32-24(28)30-25/h1-5,8-10,12,18H,6-7,13-14H2,(H2,28,30). The van der Waals surface area contributed by atoms with E-state index in [9.17, 15) is 9.65 Å². The van der Waals surface area contributed by atoms with Crippen LogP contribution in [-0.4, -0.2) is 36.9 Å². The van der Waals surface area contributed by atoms with Gasteiger partial charge in [0.1, 0.15) is 24.3 Å². The molecule has 2 unspecified atom stereocenters. The van der Waals surface area contributed by atoms with Crippen LogP contribution in [0.2, 0.25) is 0 Å². The highest BCUT2D eigenvalue weighted by atomic mass is 19.1. The third kappa shape index (κ3) is 3.08. The van der Waals surface area contributed by atoms with E-state index in [4.69, 9.17) is 20.2 Å². The topological polar surface area (TPSA) is 96.8 Å². The molecule has 2 aromatic carbocycles. The maximum atomic E-state index is 13.8. The van der Waals surface area contributed by atoms with Gasteiger partial charge in [-0.2, -0.15) is 5.26 Å². The molecule has 8 heteroatoms. The van der Waals surface area contributed by atoms with Gasteiger partial charge in [-0.3, -0.25) is 0 Å². The zero-order valence-electron chi connectivity index (χ0n) is 17.7. The molecule has 33 heavy (non-hydrogen) atoms. The van der Waals surface area contributed by atoms with Crippen LogP contribution in [0.25, 0.3) is 11.1 Å². The van der Waals surface area contributed by atoms with Crippen LogP contribution < -0.4 is 15.4 Å². The van der Waals surface area contributed by atoms with Crippen LogP contribution in [0, 0.1) is 11.3 Å². The fraction of sp³-hybridized carbons (Fsp3) is 0.240. The van der Waals surface area contributed by atoms with Gasteiger partial charge in [-0.25, -0.2) is 14.4 Å². The van der Waals surface area contributed by atoms with Gasteiger partial charge in [-0.1, -0.05) is 18.2 Å². The summed E-state index contributed by atoms with van der Waals surface area (Å²) in [6.07, 6.45) is 1.29. The number of aromatic nitrogens is 1. The Bertz CT molecular complexity index is 1350. The van der Waals surface area contributed by atoms with Gasteiger partial charge < -0.3 is 20.1 Å². The first-order valence-corrected chi connectivity index (χ1v) is 10.8. The number of anilines is 1. The normalized spacial score (nSPS) is 22.7. The van der Waals surface area contributed by atoms with E-state index in [1.54, 1.807) is 12.3 Å². The SMILES string of the molecule is N#Cc1cccc(-c2ccc3c(c2)C2(COC(N)=N2)c2cc(N4CCC(F)C4)ncc2O3)c1. The number of hydrogen-bond donors (Lipinski definition) is 1. The summed E-state index contributed by atoms with van der Waals surface area (Å²) in [5, 5.41) is 9.29. The van der Waals surface area contributed by atoms with Crippen molar-refractivity contribution in [2.75, 3.05) is 24.6 Å². The van der Waals surface area contributed by atoms with E-state index < -0.39 is 11.7 Å². The van der Waals surface area contributed by atoms with Crippen molar-refractivity contribution in [3.63, 3.8) is 0 Å². The smallest absolute Gasteiger partial charge is 0.283 e. The molecule has 4 heterocycles. The Balaban J connectivity index is 1.50. The summed E-state index contributed by atoms with van der Waals surface area (Å²) in [5.74, 6) is 1.90. The largest absolute Gasteiger partial charge is 0.462 e. The highest BCUT2D eigenvalue weighted by Crippen LogP contribution is 2.52. The molecule has 0 amide bonds. The Hall–Kier alpha value is -4.12. The predicted molar refractivity (Wildman–Crippen MR) is 121 cm³/mol. The number of hydrogen-bond acceptors (Lipinski definition) is 7. The van der Waals surface area contributed by atoms with Crippen molar-refractivity contribution < 1.29 is 13.9 Å². The summed E-state index contributed by atoms with van der Waals surface area (Å²) in [7, 11) is 0. The molecule has 164 valence electrons. The first-order valence-electron chi connectivity index (χ1n) is 10.8. The number of alkyl halides is 1. The molecule has 0 saturated carbocycles. The molecule has 2 atom stereocenters. The van der Waals surface area contributed by atoms with Crippen LogP contribution in [0.4, 0.5) is 10.2 Å². The van der Waals surface area contributed by atoms with E-state index in [1.807, 2.05) is 47.4 Å². The lowest BCUT2D eigenvalue weighted by Gasteiger charge is -2.34. The molecule has 2 N–H and O–H groups in total. The molecule has 7 nitrogen and oxygen atoms in total. The first-order chi connectivity index (χ1) is 16.1. The fourth-order valence-corrected chi connectivity index (χ4v) is 4.80. The average Bonchev–Trinajstić information content (AvgIpc) is 3.45. The van der Waals surface area contributed by atoms with Crippen LogP contribution in [0.5, 0.6) is 11.5 Å². The summed E-state index contributed by atoms with van der Waals surface area (Å²) >= 11 is 0. The van der Waals surface area contributed by atoms with Crippen LogP contribution >= 0.6 is 0 Å². The van der Waals surface area contributed by atoms with E-state index in [0.29, 0.717) is 42.4 Å². The minimum Gasteiger partial charge on any atom is -0.462 e. The lowest BCUT2D eigenvalue weighted by molar-refractivity contribution is 0.264. The van der Waals surface area contributed by atoms with Gasteiger partial charge in [0.25, 0.3) is 6.02 Å². The molecule has 0 bridgehead atoms. The fourth-order valence-electron chi connectivity index (χ4n) is 4.80. The molecule has 3 aromatic rings. The second-order valence-electron chi connectivity index (χ2n) is 8.48. The quantitative estimate of drug-likeness (QED) is 0.649. The van der Waals surface area contributed by atoms with E-state index in [0.717, 1.165) is 22.3 Å². The number of pyridine rings is 1. The molecule has 0 aliphatic carbocycles. The molecular weight excluding hydrogens is 421 g/mol. The average molecular weight is 441 g/mol. The van der Waals surface area contributed by atoms with E-state index in [2.05, 4.69) is 11.1 Å². The zero-order chi connectivity index (χ0) is 22.6. The second kappa shape index (κ2) is 7.20. The number of aliphatic imine (C=N–C) groups is 1. The van der Waals surface area contributed by atoms with Crippen molar-refractivity contribution >= 4 is 11.8 Å². The Morgan fingerprint density at radius 1 is 1.12 bits per heavy atom. The van der Waals surface area contributed by atoms with Crippen LogP contribution in [0.15, 0.2) is 59.7 Å². The number of rotatable bonds is 2. The Morgan fingerprint density at radius 2 is 1.97 bits per heavy atom. The Labute approximate surface area is 189 Å². The maximum absolute atomic E-state index is 13.8. The molecule has 0 radical (unpaired) electrons. The number of benzene rings is 2. The number of ether oxygens (including phenoxy) is 2. The van der Waals surface area contributed by atoms with Gasteiger partial charge in [-0.15, -0.1) is 0 Å². The van der Waals surface area contributed by atoms with Crippen LogP contribution in [0.1, 0.15) is 23.1 Å². The summed E-state index contributed by atoms with van der Waals surface area (Å²) < 4.78 is 25.7. The van der Waals surface area contributed by atoms with E-state index in [-0.39, 0.29) is 12.6 Å². The van der Waals surface area contributed by atoms with Crippen molar-refractivity contribution in [2.45, 2.75) is 18.1 Å². The minimum absolute atomic E-state index is 0.106. The summed E-state index contributed by atoms with van der Waals surface area (Å²) in [6, 6.07) is 17.5. The summed E-state index contributed by atoms with van der Waals surface area (Å²) in [5.41, 5.74) is 9.11. The van der Waals surface area contributed by atoms with Gasteiger partial charge in [-0.05, 0) is 47.9 Å². The van der Waals surface area contributed by atoms with Crippen LogP contribution in [-0.2, 0) is 10.3 Å². The molecule has 1 aromatic heterocycles. The Kier molecular flexibility index (Phi) is 4.27. The van der Waals surface area contributed by atoms with E-state index >= 15 is 0 Å². The molecule has 1 saturated heterocycles. The Morgan fingerprint density at radius 3 is 2.73 bits per heavy atom. The maximum Gasteiger partial charge on any atom is 0.283 e. The number of nitrogens with zero attached hydrogens (tertiary/aromatic N) is 4. The highest BCUT2D eigenvalue weighted by molar-refractivity contribution is 5.78. The molecule has 1 fully saturated rings. The summed E-state index contributed by atoms with van der Waals surface area (Å²) in [4.78, 5) is 11.2. The van der Waals surface area contributed by atoms with Gasteiger partial charge in [0, 0.05) is 17.7 Å². The number of halogens is 1. The van der Waals surface area contributed by atoms with Gasteiger partial charge in [0.15, 0.2) is 11.3 Å². The molecule has 6 rings (SSSR count). The van der Waals surface area contributed by atoms with Crippen molar-refractivity contribution in [1.29, 1.82) is 5.26 Å². The minimum atomic E-state index is -0.900. The number of nitrogens with two attached hydrogens (primary N) is 1. The molecule has 1 spiro atoms. The highest BCUT2D eigenvalue weighted by Gasteiger charge is 2.47.